The first kappa shape index (κ1) is 18.9. The minimum Gasteiger partial charge on any atom is -0.458 e. The van der Waals surface area contributed by atoms with Crippen LogP contribution in [0.4, 0.5) is 0 Å². The summed E-state index contributed by atoms with van der Waals surface area (Å²) in [7, 11) is 0. The fourth-order valence-electron chi connectivity index (χ4n) is 3.86. The molecule has 0 amide bonds. The third kappa shape index (κ3) is 3.63. The fraction of sp³-hybridized carbons (Fsp3) is 0.619. The van der Waals surface area contributed by atoms with Crippen LogP contribution in [0.2, 0.25) is 0 Å². The predicted octanol–water partition coefficient (Wildman–Crippen LogP) is 3.64. The Morgan fingerprint density at radius 2 is 2.23 bits per heavy atom. The number of carbonyl (C=O) groups excluding carboxylic acids is 2. The molecule has 0 unspecified atom stereocenters. The van der Waals surface area contributed by atoms with Gasteiger partial charge in [0, 0.05) is 11.5 Å². The lowest BCUT2D eigenvalue weighted by Crippen LogP contribution is -2.33. The molecule has 0 spiro atoms. The van der Waals surface area contributed by atoms with E-state index in [1.54, 1.807) is 0 Å². The summed E-state index contributed by atoms with van der Waals surface area (Å²) in [6.07, 6.45) is 5.65. The Labute approximate surface area is 155 Å². The Morgan fingerprint density at radius 3 is 2.92 bits per heavy atom. The molecule has 5 heteroatoms. The smallest absolute Gasteiger partial charge is 0.334 e. The van der Waals surface area contributed by atoms with E-state index in [0.717, 1.165) is 24.0 Å². The van der Waals surface area contributed by atoms with Gasteiger partial charge in [-0.1, -0.05) is 24.3 Å². The summed E-state index contributed by atoms with van der Waals surface area (Å²) in [5.74, 6) is -0.819. The zero-order chi connectivity index (χ0) is 19.1. The number of ether oxygens (including phenoxy) is 3. The molecule has 3 rings (SSSR count). The first-order valence-corrected chi connectivity index (χ1v) is 9.30. The molecule has 2 fully saturated rings. The summed E-state index contributed by atoms with van der Waals surface area (Å²) in [4.78, 5) is 24.4. The van der Waals surface area contributed by atoms with Gasteiger partial charge < -0.3 is 14.2 Å². The molecule has 0 radical (unpaired) electrons. The van der Waals surface area contributed by atoms with Crippen LogP contribution >= 0.6 is 0 Å². The molecule has 2 heterocycles. The van der Waals surface area contributed by atoms with Gasteiger partial charge in [-0.25, -0.2) is 4.79 Å². The average Bonchev–Trinajstić information content (AvgIpc) is 3.17. The van der Waals surface area contributed by atoms with Crippen molar-refractivity contribution in [3.63, 3.8) is 0 Å². The number of hydrogen-bond acceptors (Lipinski definition) is 5. The Hall–Kier alpha value is -1.88. The highest BCUT2D eigenvalue weighted by Gasteiger charge is 2.61. The summed E-state index contributed by atoms with van der Waals surface area (Å²) >= 11 is 0. The molecular weight excluding hydrogens is 332 g/mol. The van der Waals surface area contributed by atoms with Crippen LogP contribution < -0.4 is 0 Å². The van der Waals surface area contributed by atoms with Gasteiger partial charge in [-0.3, -0.25) is 4.79 Å². The lowest BCUT2D eigenvalue weighted by Gasteiger charge is -2.25. The Balaban J connectivity index is 1.82. The first-order valence-electron chi connectivity index (χ1n) is 9.30. The zero-order valence-electron chi connectivity index (χ0n) is 16.0. The molecular formula is C21H28O5. The van der Waals surface area contributed by atoms with Crippen molar-refractivity contribution in [1.29, 1.82) is 0 Å². The van der Waals surface area contributed by atoms with Crippen molar-refractivity contribution in [2.45, 2.75) is 77.3 Å². The van der Waals surface area contributed by atoms with Crippen LogP contribution in [0.5, 0.6) is 0 Å². The Kier molecular flexibility index (Phi) is 5.11. The van der Waals surface area contributed by atoms with Gasteiger partial charge in [0.05, 0.1) is 12.0 Å². The van der Waals surface area contributed by atoms with Gasteiger partial charge in [-0.15, -0.1) is 0 Å². The van der Waals surface area contributed by atoms with E-state index in [-0.39, 0.29) is 48.2 Å². The number of esters is 2. The highest BCUT2D eigenvalue weighted by molar-refractivity contribution is 5.91. The van der Waals surface area contributed by atoms with Crippen molar-refractivity contribution in [2.75, 3.05) is 0 Å². The summed E-state index contributed by atoms with van der Waals surface area (Å²) in [6, 6.07) is 0. The molecule has 0 saturated carbocycles. The second-order valence-corrected chi connectivity index (χ2v) is 7.87. The predicted molar refractivity (Wildman–Crippen MR) is 97.3 cm³/mol. The number of hydrogen-bond donors (Lipinski definition) is 0. The van der Waals surface area contributed by atoms with Crippen LogP contribution in [0.25, 0.3) is 0 Å². The Morgan fingerprint density at radius 1 is 1.50 bits per heavy atom. The SMILES string of the molecule is C=C1C(=O)O[C@@H]2[C@H]3O[C@]3(C)CC/C=C(\C)[C@@H](OC(=O)C/C(C)=C/C)C[C@@H]12. The van der Waals surface area contributed by atoms with Crippen molar-refractivity contribution >= 4 is 11.9 Å². The molecule has 0 aromatic heterocycles. The second kappa shape index (κ2) is 7.03. The maximum atomic E-state index is 12.3. The third-order valence-electron chi connectivity index (χ3n) is 5.86. The van der Waals surface area contributed by atoms with E-state index in [1.807, 2.05) is 26.8 Å². The maximum Gasteiger partial charge on any atom is 0.334 e. The summed E-state index contributed by atoms with van der Waals surface area (Å²) in [6.45, 7) is 11.8. The summed E-state index contributed by atoms with van der Waals surface area (Å²) in [5.41, 5.74) is 2.18. The minimum absolute atomic E-state index is 0.107. The molecule has 2 aliphatic heterocycles. The maximum absolute atomic E-state index is 12.3. The van der Waals surface area contributed by atoms with Crippen LogP contribution in [0.3, 0.4) is 0 Å². The normalized spacial score (nSPS) is 39.2. The summed E-state index contributed by atoms with van der Waals surface area (Å²) < 4.78 is 17.2. The number of epoxide rings is 1. The molecule has 5 nitrogen and oxygen atoms in total. The van der Waals surface area contributed by atoms with E-state index < -0.39 is 0 Å². The van der Waals surface area contributed by atoms with Gasteiger partial charge in [-0.2, -0.15) is 0 Å². The van der Waals surface area contributed by atoms with Crippen LogP contribution in [-0.4, -0.2) is 35.9 Å². The van der Waals surface area contributed by atoms with Crippen LogP contribution in [0.1, 0.15) is 53.4 Å². The van der Waals surface area contributed by atoms with Gasteiger partial charge in [0.1, 0.15) is 18.3 Å². The standard InChI is InChI=1S/C21H28O5/c1-6-12(2)10-17(22)24-16-11-15-14(4)20(23)25-18(15)19-21(5,26-19)9-7-8-13(16)3/h6,8,15-16,18-19H,4,7,9-11H2,1-3,5H3/b12-6+,13-8+/t15-,16-,18-,19+,21+/m0/s1. The van der Waals surface area contributed by atoms with E-state index in [0.29, 0.717) is 12.0 Å². The highest BCUT2D eigenvalue weighted by atomic mass is 16.6. The fourth-order valence-corrected chi connectivity index (χ4v) is 3.86. The first-order chi connectivity index (χ1) is 12.2. The van der Waals surface area contributed by atoms with Gasteiger partial charge in [0.25, 0.3) is 0 Å². The van der Waals surface area contributed by atoms with Crippen LogP contribution in [-0.2, 0) is 23.8 Å². The largest absolute Gasteiger partial charge is 0.458 e. The molecule has 5 atom stereocenters. The summed E-state index contributed by atoms with van der Waals surface area (Å²) in [5, 5.41) is 0. The topological polar surface area (TPSA) is 65.1 Å². The average molecular weight is 360 g/mol. The molecule has 142 valence electrons. The molecule has 2 saturated heterocycles. The van der Waals surface area contributed by atoms with Crippen molar-refractivity contribution in [3.8, 4) is 0 Å². The Bertz CT molecular complexity index is 689. The number of carbonyl (C=O) groups is 2. The minimum atomic E-state index is -0.381. The van der Waals surface area contributed by atoms with Gasteiger partial charge >= 0.3 is 11.9 Å². The zero-order valence-corrected chi connectivity index (χ0v) is 16.0. The van der Waals surface area contributed by atoms with Gasteiger partial charge in [0.15, 0.2) is 0 Å². The van der Waals surface area contributed by atoms with E-state index >= 15 is 0 Å². The van der Waals surface area contributed by atoms with Crippen LogP contribution in [0.15, 0.2) is 35.5 Å². The molecule has 0 aromatic rings. The quantitative estimate of drug-likeness (QED) is 0.333. The molecule has 0 N–H and O–H groups in total. The van der Waals surface area contributed by atoms with Crippen molar-refractivity contribution in [1.82, 2.24) is 0 Å². The number of fused-ring (bicyclic) bond motifs is 3. The van der Waals surface area contributed by atoms with Crippen LogP contribution in [0, 0.1) is 5.92 Å². The van der Waals surface area contributed by atoms with E-state index in [4.69, 9.17) is 14.2 Å². The van der Waals surface area contributed by atoms with Crippen molar-refractivity contribution in [2.24, 2.45) is 5.92 Å². The van der Waals surface area contributed by atoms with Crippen molar-refractivity contribution < 1.29 is 23.8 Å². The molecule has 3 aliphatic rings. The lowest BCUT2D eigenvalue weighted by molar-refractivity contribution is -0.148. The molecule has 1 aliphatic carbocycles. The van der Waals surface area contributed by atoms with E-state index in [9.17, 15) is 9.59 Å². The molecule has 0 bridgehead atoms. The lowest BCUT2D eigenvalue weighted by atomic mass is 9.83. The molecule has 26 heavy (non-hydrogen) atoms. The third-order valence-corrected chi connectivity index (χ3v) is 5.86. The van der Waals surface area contributed by atoms with Crippen molar-refractivity contribution in [3.05, 3.63) is 35.5 Å². The van der Waals surface area contributed by atoms with Gasteiger partial charge in [0.2, 0.25) is 0 Å². The highest BCUT2D eigenvalue weighted by Crippen LogP contribution is 2.50. The van der Waals surface area contributed by atoms with E-state index in [1.165, 1.54) is 0 Å². The molecule has 0 aromatic carbocycles. The number of allylic oxidation sites excluding steroid dienone is 2. The number of rotatable bonds is 3. The van der Waals surface area contributed by atoms with Gasteiger partial charge in [-0.05, 0) is 52.5 Å². The second-order valence-electron chi connectivity index (χ2n) is 7.87. The van der Waals surface area contributed by atoms with E-state index in [2.05, 4.69) is 19.6 Å². The monoisotopic (exact) mass is 360 g/mol.